The third kappa shape index (κ3) is 6.33. The minimum absolute atomic E-state index is 0.0312. The van der Waals surface area contributed by atoms with E-state index in [1.807, 2.05) is 0 Å². The van der Waals surface area contributed by atoms with E-state index in [-0.39, 0.29) is 5.41 Å². The average Bonchev–Trinajstić information content (AvgIpc) is 2.02. The summed E-state index contributed by atoms with van der Waals surface area (Å²) in [6.07, 6.45) is 2.03. The zero-order valence-electron chi connectivity index (χ0n) is 9.80. The lowest BCUT2D eigenvalue weighted by Crippen LogP contribution is -2.29. The first-order valence-corrected chi connectivity index (χ1v) is 5.64. The first kappa shape index (κ1) is 13.8. The highest BCUT2D eigenvalue weighted by molar-refractivity contribution is 7.80. The van der Waals surface area contributed by atoms with Crippen LogP contribution in [0.2, 0.25) is 0 Å². The Balaban J connectivity index is 3.49. The molecule has 14 heavy (non-hydrogen) atoms. The van der Waals surface area contributed by atoms with Crippen molar-refractivity contribution in [2.75, 3.05) is 13.2 Å². The van der Waals surface area contributed by atoms with Crippen LogP contribution in [0, 0.1) is 11.3 Å². The van der Waals surface area contributed by atoms with E-state index < -0.39 is 0 Å². The molecule has 0 aliphatic heterocycles. The Kier molecular flexibility index (Phi) is 6.29. The van der Waals surface area contributed by atoms with Gasteiger partial charge in [-0.05, 0) is 18.8 Å². The Bertz CT molecular complexity index is 178. The molecule has 0 rings (SSSR count). The van der Waals surface area contributed by atoms with Crippen LogP contribution in [-0.4, -0.2) is 18.2 Å². The van der Waals surface area contributed by atoms with Crippen LogP contribution in [0.3, 0.4) is 0 Å². The van der Waals surface area contributed by atoms with E-state index in [1.165, 1.54) is 0 Å². The van der Waals surface area contributed by atoms with Crippen molar-refractivity contribution >= 4 is 17.2 Å². The molecule has 0 fully saturated rings. The van der Waals surface area contributed by atoms with Gasteiger partial charge < -0.3 is 10.5 Å². The lowest BCUT2D eigenvalue weighted by atomic mass is 9.88. The fourth-order valence-electron chi connectivity index (χ4n) is 1.06. The van der Waals surface area contributed by atoms with Crippen LogP contribution in [0.15, 0.2) is 0 Å². The third-order valence-electron chi connectivity index (χ3n) is 2.21. The number of hydrogen-bond acceptors (Lipinski definition) is 2. The maximum atomic E-state index is 5.62. The van der Waals surface area contributed by atoms with Gasteiger partial charge in [0.15, 0.2) is 0 Å². The fraction of sp³-hybridized carbons (Fsp3) is 0.909. The Morgan fingerprint density at radius 2 is 2.00 bits per heavy atom. The van der Waals surface area contributed by atoms with Crippen molar-refractivity contribution in [1.29, 1.82) is 0 Å². The predicted molar refractivity (Wildman–Crippen MR) is 65.5 cm³/mol. The summed E-state index contributed by atoms with van der Waals surface area (Å²) in [6.45, 7) is 10.1. The molecule has 2 nitrogen and oxygen atoms in total. The fourth-order valence-corrected chi connectivity index (χ4v) is 1.16. The average molecular weight is 217 g/mol. The number of nitrogens with two attached hydrogens (primary N) is 1. The lowest BCUT2D eigenvalue weighted by molar-refractivity contribution is 0.103. The largest absolute Gasteiger partial charge is 0.393 e. The summed E-state index contributed by atoms with van der Waals surface area (Å²) in [4.78, 5) is 0.598. The second kappa shape index (κ2) is 6.36. The Morgan fingerprint density at radius 1 is 1.43 bits per heavy atom. The molecule has 0 aromatic rings. The van der Waals surface area contributed by atoms with E-state index in [0.717, 1.165) is 26.1 Å². The van der Waals surface area contributed by atoms with Crippen LogP contribution in [0.25, 0.3) is 0 Å². The van der Waals surface area contributed by atoms with Crippen molar-refractivity contribution in [2.45, 2.75) is 40.5 Å². The quantitative estimate of drug-likeness (QED) is 0.526. The van der Waals surface area contributed by atoms with Crippen molar-refractivity contribution in [1.82, 2.24) is 0 Å². The van der Waals surface area contributed by atoms with Crippen molar-refractivity contribution in [3.63, 3.8) is 0 Å². The molecule has 0 aliphatic rings. The molecule has 0 bridgehead atoms. The second-order valence-corrected chi connectivity index (χ2v) is 5.26. The van der Waals surface area contributed by atoms with Gasteiger partial charge in [0.2, 0.25) is 0 Å². The van der Waals surface area contributed by atoms with Crippen LogP contribution in [0.1, 0.15) is 40.5 Å². The van der Waals surface area contributed by atoms with E-state index in [9.17, 15) is 0 Å². The molecule has 0 unspecified atom stereocenters. The van der Waals surface area contributed by atoms with Crippen LogP contribution in [0.5, 0.6) is 0 Å². The molecule has 0 radical (unpaired) electrons. The number of hydrogen-bond donors (Lipinski definition) is 1. The highest BCUT2D eigenvalue weighted by atomic mass is 32.1. The standard InChI is InChI=1S/C11H23NOS/c1-9(2)8-13-7-5-6-11(3,4)10(12)14/h9H,5-8H2,1-4H3,(H2,12,14). The molecule has 0 spiro atoms. The lowest BCUT2D eigenvalue weighted by Gasteiger charge is -2.22. The summed E-state index contributed by atoms with van der Waals surface area (Å²) in [5.74, 6) is 0.610. The van der Waals surface area contributed by atoms with Gasteiger partial charge in [0.05, 0.1) is 4.99 Å². The van der Waals surface area contributed by atoms with Crippen LogP contribution < -0.4 is 5.73 Å². The van der Waals surface area contributed by atoms with Gasteiger partial charge in [-0.25, -0.2) is 0 Å². The van der Waals surface area contributed by atoms with Crippen molar-refractivity contribution < 1.29 is 4.74 Å². The van der Waals surface area contributed by atoms with Crippen molar-refractivity contribution in [2.24, 2.45) is 17.1 Å². The molecule has 3 heteroatoms. The zero-order valence-corrected chi connectivity index (χ0v) is 10.6. The summed E-state index contributed by atoms with van der Waals surface area (Å²) in [7, 11) is 0. The monoisotopic (exact) mass is 217 g/mol. The van der Waals surface area contributed by atoms with Gasteiger partial charge in [-0.15, -0.1) is 0 Å². The summed E-state index contributed by atoms with van der Waals surface area (Å²) in [6, 6.07) is 0. The van der Waals surface area contributed by atoms with Crippen molar-refractivity contribution in [3.05, 3.63) is 0 Å². The Morgan fingerprint density at radius 3 is 2.43 bits per heavy atom. The summed E-state index contributed by atoms with van der Waals surface area (Å²) < 4.78 is 5.49. The maximum Gasteiger partial charge on any atom is 0.0784 e. The number of rotatable bonds is 7. The van der Waals surface area contributed by atoms with Gasteiger partial charge in [-0.1, -0.05) is 39.9 Å². The number of ether oxygens (including phenoxy) is 1. The number of thiocarbonyl (C=S) groups is 1. The molecule has 0 aromatic heterocycles. The minimum atomic E-state index is -0.0312. The van der Waals surface area contributed by atoms with E-state index >= 15 is 0 Å². The molecule has 0 aliphatic carbocycles. The molecule has 0 saturated carbocycles. The van der Waals surface area contributed by atoms with Gasteiger partial charge in [-0.2, -0.15) is 0 Å². The van der Waals surface area contributed by atoms with Gasteiger partial charge in [-0.3, -0.25) is 0 Å². The van der Waals surface area contributed by atoms with E-state index in [2.05, 4.69) is 27.7 Å². The third-order valence-corrected chi connectivity index (χ3v) is 2.76. The molecule has 0 amide bonds. The normalized spacial score (nSPS) is 12.1. The molecular weight excluding hydrogens is 194 g/mol. The minimum Gasteiger partial charge on any atom is -0.393 e. The molecule has 84 valence electrons. The van der Waals surface area contributed by atoms with Crippen LogP contribution in [-0.2, 0) is 4.74 Å². The highest BCUT2D eigenvalue weighted by Gasteiger charge is 2.20. The molecular formula is C11H23NOS. The predicted octanol–water partition coefficient (Wildman–Crippen LogP) is 2.75. The second-order valence-electron chi connectivity index (χ2n) is 4.82. The van der Waals surface area contributed by atoms with Crippen LogP contribution in [0.4, 0.5) is 0 Å². The maximum absolute atomic E-state index is 5.62. The topological polar surface area (TPSA) is 35.2 Å². The first-order valence-electron chi connectivity index (χ1n) is 5.24. The highest BCUT2D eigenvalue weighted by Crippen LogP contribution is 2.22. The van der Waals surface area contributed by atoms with Gasteiger partial charge in [0, 0.05) is 18.6 Å². The molecule has 0 heterocycles. The summed E-state index contributed by atoms with van der Waals surface area (Å²) >= 11 is 4.99. The van der Waals surface area contributed by atoms with Crippen LogP contribution >= 0.6 is 12.2 Å². The van der Waals surface area contributed by atoms with Gasteiger partial charge >= 0.3 is 0 Å². The van der Waals surface area contributed by atoms with E-state index in [0.29, 0.717) is 10.9 Å². The van der Waals surface area contributed by atoms with E-state index in [1.54, 1.807) is 0 Å². The molecule has 2 N–H and O–H groups in total. The van der Waals surface area contributed by atoms with Gasteiger partial charge in [0.1, 0.15) is 0 Å². The Labute approximate surface area is 93.2 Å². The molecule has 0 atom stereocenters. The van der Waals surface area contributed by atoms with Gasteiger partial charge in [0.25, 0.3) is 0 Å². The molecule has 0 saturated heterocycles. The Hall–Kier alpha value is -0.150. The van der Waals surface area contributed by atoms with E-state index in [4.69, 9.17) is 22.7 Å². The summed E-state index contributed by atoms with van der Waals surface area (Å²) in [5.41, 5.74) is 5.59. The first-order chi connectivity index (χ1) is 6.36. The molecule has 0 aromatic carbocycles. The SMILES string of the molecule is CC(C)COCCCC(C)(C)C(N)=S. The summed E-state index contributed by atoms with van der Waals surface area (Å²) in [5, 5.41) is 0. The zero-order chi connectivity index (χ0) is 11.2. The smallest absolute Gasteiger partial charge is 0.0784 e. The van der Waals surface area contributed by atoms with Crippen molar-refractivity contribution in [3.8, 4) is 0 Å².